The fourth-order valence-electron chi connectivity index (χ4n) is 3.78. The van der Waals surface area contributed by atoms with E-state index in [0.717, 1.165) is 12.7 Å². The van der Waals surface area contributed by atoms with Crippen LogP contribution >= 0.6 is 34.8 Å². The van der Waals surface area contributed by atoms with Gasteiger partial charge in [0.1, 0.15) is 11.2 Å². The normalized spacial score (nSPS) is 10.9. The topological polar surface area (TPSA) is 90.3 Å². The Morgan fingerprint density at radius 2 is 1.63 bits per heavy atom. The molecule has 0 radical (unpaired) electrons. The number of halogens is 3. The summed E-state index contributed by atoms with van der Waals surface area (Å²) in [4.78, 5) is 42.5. The second-order valence-corrected chi connectivity index (χ2v) is 8.95. The Kier molecular flexibility index (Phi) is 6.85. The maximum Gasteiger partial charge on any atom is 0.345 e. The number of aryl methyl sites for hydroxylation is 1. The van der Waals surface area contributed by atoms with Gasteiger partial charge in [-0.15, -0.1) is 0 Å². The van der Waals surface area contributed by atoms with Crippen molar-refractivity contribution in [2.24, 2.45) is 7.05 Å². The number of methoxy groups -OCH3 is 1. The molecular weight excluding hydrogens is 513 g/mol. The van der Waals surface area contributed by atoms with Gasteiger partial charge >= 0.3 is 5.97 Å². The summed E-state index contributed by atoms with van der Waals surface area (Å²) in [6.45, 7) is 1.28. The number of pyridine rings is 2. The van der Waals surface area contributed by atoms with Crippen LogP contribution < -0.4 is 10.9 Å². The summed E-state index contributed by atoms with van der Waals surface area (Å²) in [7, 11) is 2.64. The van der Waals surface area contributed by atoms with Crippen LogP contribution in [-0.2, 0) is 16.6 Å². The average molecular weight is 531 g/mol. The summed E-state index contributed by atoms with van der Waals surface area (Å²) in [5.41, 5.74) is 1.67. The first-order valence-electron chi connectivity index (χ1n) is 10.3. The molecule has 1 amide bonds. The smallest absolute Gasteiger partial charge is 0.345 e. The number of rotatable bonds is 4. The first-order chi connectivity index (χ1) is 16.6. The molecule has 178 valence electrons. The van der Waals surface area contributed by atoms with Crippen LogP contribution in [0.25, 0.3) is 33.4 Å². The average Bonchev–Trinajstić information content (AvgIpc) is 2.82. The van der Waals surface area contributed by atoms with Crippen LogP contribution in [0.4, 0.5) is 5.69 Å². The molecule has 0 aliphatic heterocycles. The summed E-state index contributed by atoms with van der Waals surface area (Å²) < 4.78 is 6.05. The zero-order chi connectivity index (χ0) is 25.4. The van der Waals surface area contributed by atoms with Crippen LogP contribution in [0.15, 0.2) is 53.3 Å². The van der Waals surface area contributed by atoms with Gasteiger partial charge in [0.05, 0.1) is 23.5 Å². The summed E-state index contributed by atoms with van der Waals surface area (Å²) in [6.07, 6.45) is 0. The van der Waals surface area contributed by atoms with Crippen LogP contribution in [0.5, 0.6) is 0 Å². The van der Waals surface area contributed by atoms with E-state index in [1.165, 1.54) is 18.5 Å². The molecule has 0 aliphatic rings. The van der Waals surface area contributed by atoms with Crippen molar-refractivity contribution >= 4 is 63.4 Å². The third-order valence-electron chi connectivity index (χ3n) is 5.39. The summed E-state index contributed by atoms with van der Waals surface area (Å²) in [6, 6.07) is 13.8. The van der Waals surface area contributed by atoms with Gasteiger partial charge in [-0.25, -0.2) is 9.78 Å². The number of hydrogen-bond acceptors (Lipinski definition) is 5. The molecule has 35 heavy (non-hydrogen) atoms. The Morgan fingerprint density at radius 3 is 2.23 bits per heavy atom. The number of nitrogens with zero attached hydrogens (tertiary/aromatic N) is 2. The van der Waals surface area contributed by atoms with Crippen LogP contribution in [0, 0.1) is 0 Å². The SMILES string of the molecule is COC(=O)c1c(NC(C)=O)c2cc(-c3ccc(Cl)cc3)c(-c3ccc(Cl)cc3Cl)nc2n(C)c1=O. The number of carbonyl (C=O) groups excluding carboxylic acids is 2. The van der Waals surface area contributed by atoms with E-state index in [4.69, 9.17) is 44.5 Å². The van der Waals surface area contributed by atoms with Gasteiger partial charge in [0, 0.05) is 40.5 Å². The molecular formula is C25H18Cl3N3O4. The minimum absolute atomic E-state index is 0.0129. The second-order valence-electron chi connectivity index (χ2n) is 7.67. The minimum atomic E-state index is -0.880. The predicted octanol–water partition coefficient (Wildman–Crippen LogP) is 5.97. The maximum absolute atomic E-state index is 13.1. The number of hydrogen-bond donors (Lipinski definition) is 1. The number of ether oxygens (including phenoxy) is 1. The third kappa shape index (κ3) is 4.62. The van der Waals surface area contributed by atoms with Gasteiger partial charge in [0.25, 0.3) is 5.56 Å². The zero-order valence-corrected chi connectivity index (χ0v) is 21.0. The lowest BCUT2D eigenvalue weighted by molar-refractivity contribution is -0.114. The van der Waals surface area contributed by atoms with Gasteiger partial charge < -0.3 is 10.1 Å². The van der Waals surface area contributed by atoms with E-state index in [0.29, 0.717) is 37.3 Å². The molecule has 10 heteroatoms. The quantitative estimate of drug-likeness (QED) is 0.328. The highest BCUT2D eigenvalue weighted by Gasteiger charge is 2.25. The molecule has 0 saturated carbocycles. The first-order valence-corrected chi connectivity index (χ1v) is 11.4. The molecule has 0 atom stereocenters. The van der Waals surface area contributed by atoms with Gasteiger partial charge in [-0.2, -0.15) is 0 Å². The molecule has 0 fully saturated rings. The molecule has 1 N–H and O–H groups in total. The summed E-state index contributed by atoms with van der Waals surface area (Å²) in [5.74, 6) is -1.35. The number of nitrogens with one attached hydrogen (secondary N) is 1. The van der Waals surface area contributed by atoms with Crippen molar-refractivity contribution in [1.29, 1.82) is 0 Å². The van der Waals surface area contributed by atoms with E-state index in [1.54, 1.807) is 48.5 Å². The molecule has 7 nitrogen and oxygen atoms in total. The maximum atomic E-state index is 13.1. The van der Waals surface area contributed by atoms with E-state index in [2.05, 4.69) is 5.32 Å². The van der Waals surface area contributed by atoms with Gasteiger partial charge in [0.15, 0.2) is 0 Å². The van der Waals surface area contributed by atoms with Crippen molar-refractivity contribution in [3.05, 3.63) is 79.5 Å². The molecule has 4 aromatic rings. The van der Waals surface area contributed by atoms with E-state index < -0.39 is 17.4 Å². The lowest BCUT2D eigenvalue weighted by Crippen LogP contribution is -2.29. The number of fused-ring (bicyclic) bond motifs is 1. The number of carbonyl (C=O) groups is 2. The number of esters is 1. The van der Waals surface area contributed by atoms with Gasteiger partial charge in [-0.1, -0.05) is 46.9 Å². The fourth-order valence-corrected chi connectivity index (χ4v) is 4.41. The molecule has 0 saturated heterocycles. The molecule has 0 aliphatic carbocycles. The largest absolute Gasteiger partial charge is 0.465 e. The highest BCUT2D eigenvalue weighted by atomic mass is 35.5. The monoisotopic (exact) mass is 529 g/mol. The summed E-state index contributed by atoms with van der Waals surface area (Å²) >= 11 is 18.7. The zero-order valence-electron chi connectivity index (χ0n) is 18.8. The molecule has 4 rings (SSSR count). The predicted molar refractivity (Wildman–Crippen MR) is 139 cm³/mol. The number of aromatic nitrogens is 2. The van der Waals surface area contributed by atoms with Gasteiger partial charge in [-0.3, -0.25) is 14.2 Å². The van der Waals surface area contributed by atoms with Gasteiger partial charge in [-0.05, 0) is 42.0 Å². The van der Waals surface area contributed by atoms with Crippen molar-refractivity contribution in [3.63, 3.8) is 0 Å². The van der Waals surface area contributed by atoms with Crippen LogP contribution in [0.2, 0.25) is 15.1 Å². The van der Waals surface area contributed by atoms with E-state index >= 15 is 0 Å². The van der Waals surface area contributed by atoms with E-state index in [1.807, 2.05) is 0 Å². The Balaban J connectivity index is 2.19. The molecule has 0 bridgehead atoms. The van der Waals surface area contributed by atoms with Crippen molar-refractivity contribution in [3.8, 4) is 22.4 Å². The first kappa shape index (κ1) is 24.7. The van der Waals surface area contributed by atoms with Crippen molar-refractivity contribution in [2.45, 2.75) is 6.92 Å². The van der Waals surface area contributed by atoms with Crippen LogP contribution in [0.3, 0.4) is 0 Å². The van der Waals surface area contributed by atoms with Crippen LogP contribution in [0.1, 0.15) is 17.3 Å². The lowest BCUT2D eigenvalue weighted by atomic mass is 9.97. The minimum Gasteiger partial charge on any atom is -0.465 e. The molecule has 0 spiro atoms. The highest BCUT2D eigenvalue weighted by Crippen LogP contribution is 2.39. The molecule has 2 aromatic heterocycles. The van der Waals surface area contributed by atoms with Crippen molar-refractivity contribution < 1.29 is 14.3 Å². The van der Waals surface area contributed by atoms with E-state index in [-0.39, 0.29) is 16.9 Å². The Morgan fingerprint density at radius 1 is 0.971 bits per heavy atom. The molecule has 0 unspecified atom stereocenters. The molecule has 2 heterocycles. The highest BCUT2D eigenvalue weighted by molar-refractivity contribution is 6.36. The van der Waals surface area contributed by atoms with Gasteiger partial charge in [0.2, 0.25) is 5.91 Å². The third-order valence-corrected chi connectivity index (χ3v) is 6.19. The number of benzene rings is 2. The number of anilines is 1. The van der Waals surface area contributed by atoms with Crippen molar-refractivity contribution in [2.75, 3.05) is 12.4 Å². The molecule has 2 aromatic carbocycles. The summed E-state index contributed by atoms with van der Waals surface area (Å²) in [5, 5.41) is 4.33. The van der Waals surface area contributed by atoms with E-state index in [9.17, 15) is 14.4 Å². The van der Waals surface area contributed by atoms with Crippen LogP contribution in [-0.4, -0.2) is 28.5 Å². The standard InChI is InChI=1S/C25H18Cl3N3O4/c1-12(32)29-22-18-11-17(13-4-6-14(26)7-5-13)21(16-9-8-15(27)10-19(16)28)30-23(18)31(2)24(33)20(22)25(34)35-3/h4-11H,1-3H3,(H,29,32). The number of amides is 1. The Hall–Kier alpha value is -3.39. The van der Waals surface area contributed by atoms with Crippen molar-refractivity contribution in [1.82, 2.24) is 9.55 Å². The lowest BCUT2D eigenvalue weighted by Gasteiger charge is -2.18. The fraction of sp³-hybridized carbons (Fsp3) is 0.120. The Bertz CT molecular complexity index is 1560. The Labute approximate surface area is 215 Å². The second kappa shape index (κ2) is 9.70.